The topological polar surface area (TPSA) is 42.7 Å². The van der Waals surface area contributed by atoms with Crippen LogP contribution in [-0.4, -0.2) is 40.9 Å². The SMILES string of the molecule is CC(C)(C)c1cnn2ccnc(N3CCOCC3)c12. The Balaban J connectivity index is 2.15. The van der Waals surface area contributed by atoms with Crippen LogP contribution in [0.2, 0.25) is 0 Å². The summed E-state index contributed by atoms with van der Waals surface area (Å²) in [5, 5.41) is 4.46. The molecule has 0 aromatic carbocycles. The number of nitrogens with zero attached hydrogens (tertiary/aromatic N) is 4. The van der Waals surface area contributed by atoms with Gasteiger partial charge in [0.15, 0.2) is 5.82 Å². The Morgan fingerprint density at radius 3 is 2.63 bits per heavy atom. The normalized spacial score (nSPS) is 17.1. The zero-order valence-corrected chi connectivity index (χ0v) is 11.8. The van der Waals surface area contributed by atoms with E-state index >= 15 is 0 Å². The Hall–Kier alpha value is -1.62. The zero-order valence-electron chi connectivity index (χ0n) is 11.8. The molecule has 0 radical (unpaired) electrons. The summed E-state index contributed by atoms with van der Waals surface area (Å²) in [5.74, 6) is 1.02. The molecular formula is C14H20N4O. The summed E-state index contributed by atoms with van der Waals surface area (Å²) in [5.41, 5.74) is 2.42. The maximum atomic E-state index is 5.42. The zero-order chi connectivity index (χ0) is 13.5. The smallest absolute Gasteiger partial charge is 0.155 e. The van der Waals surface area contributed by atoms with E-state index in [9.17, 15) is 0 Å². The molecule has 0 amide bonds. The van der Waals surface area contributed by atoms with Gasteiger partial charge in [-0.3, -0.25) is 0 Å². The number of anilines is 1. The Labute approximate surface area is 113 Å². The van der Waals surface area contributed by atoms with Crippen LogP contribution in [0.25, 0.3) is 5.52 Å². The average molecular weight is 260 g/mol. The summed E-state index contributed by atoms with van der Waals surface area (Å²) in [6, 6.07) is 0. The second-order valence-electron chi connectivity index (χ2n) is 5.95. The number of hydrogen-bond acceptors (Lipinski definition) is 4. The van der Waals surface area contributed by atoms with Gasteiger partial charge in [-0.15, -0.1) is 0 Å². The van der Waals surface area contributed by atoms with Crippen LogP contribution in [0.4, 0.5) is 5.82 Å². The fourth-order valence-corrected chi connectivity index (χ4v) is 2.48. The van der Waals surface area contributed by atoms with Gasteiger partial charge in [0.25, 0.3) is 0 Å². The quantitative estimate of drug-likeness (QED) is 0.785. The third-order valence-corrected chi connectivity index (χ3v) is 3.53. The van der Waals surface area contributed by atoms with Crippen molar-refractivity contribution in [3.63, 3.8) is 0 Å². The van der Waals surface area contributed by atoms with Crippen LogP contribution in [0, 0.1) is 0 Å². The van der Waals surface area contributed by atoms with Crippen LogP contribution in [-0.2, 0) is 10.2 Å². The van der Waals surface area contributed by atoms with Gasteiger partial charge in [0.1, 0.15) is 5.52 Å². The second kappa shape index (κ2) is 4.49. The first-order chi connectivity index (χ1) is 9.07. The maximum Gasteiger partial charge on any atom is 0.155 e. The third-order valence-electron chi connectivity index (χ3n) is 3.53. The van der Waals surface area contributed by atoms with E-state index in [0.717, 1.165) is 37.6 Å². The van der Waals surface area contributed by atoms with Gasteiger partial charge in [-0.05, 0) is 5.41 Å². The van der Waals surface area contributed by atoms with E-state index in [-0.39, 0.29) is 5.41 Å². The Morgan fingerprint density at radius 1 is 1.21 bits per heavy atom. The standard InChI is InChI=1S/C14H20N4O/c1-14(2,3)11-10-16-18-5-4-15-13(12(11)18)17-6-8-19-9-7-17/h4-5,10H,6-9H2,1-3H3. The number of morpholine rings is 1. The summed E-state index contributed by atoms with van der Waals surface area (Å²) < 4.78 is 7.35. The summed E-state index contributed by atoms with van der Waals surface area (Å²) in [6.45, 7) is 9.94. The Kier molecular flexibility index (Phi) is 2.93. The van der Waals surface area contributed by atoms with Crippen molar-refractivity contribution in [2.75, 3.05) is 31.2 Å². The van der Waals surface area contributed by atoms with E-state index < -0.39 is 0 Å². The molecule has 5 heteroatoms. The molecule has 1 aliphatic heterocycles. The van der Waals surface area contributed by atoms with Gasteiger partial charge in [0.05, 0.1) is 19.4 Å². The van der Waals surface area contributed by atoms with Gasteiger partial charge in [-0.25, -0.2) is 9.50 Å². The second-order valence-corrected chi connectivity index (χ2v) is 5.95. The minimum absolute atomic E-state index is 0.0613. The molecule has 0 saturated carbocycles. The number of ether oxygens (including phenoxy) is 1. The van der Waals surface area contributed by atoms with Crippen molar-refractivity contribution in [2.24, 2.45) is 0 Å². The van der Waals surface area contributed by atoms with Crippen LogP contribution in [0.5, 0.6) is 0 Å². The van der Waals surface area contributed by atoms with Crippen molar-refractivity contribution in [3.05, 3.63) is 24.2 Å². The number of hydrogen-bond donors (Lipinski definition) is 0. The average Bonchev–Trinajstić information content (AvgIpc) is 2.83. The van der Waals surface area contributed by atoms with E-state index in [4.69, 9.17) is 4.74 Å². The number of fused-ring (bicyclic) bond motifs is 1. The molecule has 3 rings (SSSR count). The van der Waals surface area contributed by atoms with E-state index in [2.05, 4.69) is 35.8 Å². The first-order valence-corrected chi connectivity index (χ1v) is 6.73. The van der Waals surface area contributed by atoms with E-state index in [1.807, 2.05) is 23.1 Å². The molecule has 2 aromatic heterocycles. The van der Waals surface area contributed by atoms with Crippen LogP contribution < -0.4 is 4.90 Å². The van der Waals surface area contributed by atoms with Crippen molar-refractivity contribution in [1.82, 2.24) is 14.6 Å². The van der Waals surface area contributed by atoms with Crippen molar-refractivity contribution in [1.29, 1.82) is 0 Å². The molecule has 19 heavy (non-hydrogen) atoms. The minimum Gasteiger partial charge on any atom is -0.378 e. The van der Waals surface area contributed by atoms with Crippen LogP contribution in [0.3, 0.4) is 0 Å². The third kappa shape index (κ3) is 2.18. The monoisotopic (exact) mass is 260 g/mol. The van der Waals surface area contributed by atoms with Crippen LogP contribution in [0.15, 0.2) is 18.6 Å². The summed E-state index contributed by atoms with van der Waals surface area (Å²) in [7, 11) is 0. The molecule has 0 atom stereocenters. The highest BCUT2D eigenvalue weighted by atomic mass is 16.5. The lowest BCUT2D eigenvalue weighted by Crippen LogP contribution is -2.37. The molecule has 0 aliphatic carbocycles. The molecule has 1 saturated heterocycles. The molecule has 1 fully saturated rings. The van der Waals surface area contributed by atoms with Crippen molar-refractivity contribution < 1.29 is 4.74 Å². The van der Waals surface area contributed by atoms with Gasteiger partial charge in [0.2, 0.25) is 0 Å². The highest BCUT2D eigenvalue weighted by Gasteiger charge is 2.24. The molecule has 0 spiro atoms. The molecule has 0 N–H and O–H groups in total. The fourth-order valence-electron chi connectivity index (χ4n) is 2.48. The fraction of sp³-hybridized carbons (Fsp3) is 0.571. The maximum absolute atomic E-state index is 5.42. The first kappa shape index (κ1) is 12.4. The van der Waals surface area contributed by atoms with Gasteiger partial charge in [-0.2, -0.15) is 5.10 Å². The molecule has 0 bridgehead atoms. The Bertz CT molecular complexity index is 579. The van der Waals surface area contributed by atoms with Crippen LogP contribution >= 0.6 is 0 Å². The lowest BCUT2D eigenvalue weighted by molar-refractivity contribution is 0.122. The van der Waals surface area contributed by atoms with Gasteiger partial charge >= 0.3 is 0 Å². The lowest BCUT2D eigenvalue weighted by atomic mass is 9.88. The predicted molar refractivity (Wildman–Crippen MR) is 74.7 cm³/mol. The van der Waals surface area contributed by atoms with Gasteiger partial charge in [-0.1, -0.05) is 20.8 Å². The van der Waals surface area contributed by atoms with Gasteiger partial charge in [0, 0.05) is 31.0 Å². The molecular weight excluding hydrogens is 240 g/mol. The molecule has 102 valence electrons. The molecule has 2 aromatic rings. The van der Waals surface area contributed by atoms with E-state index in [1.165, 1.54) is 5.56 Å². The van der Waals surface area contributed by atoms with E-state index in [0.29, 0.717) is 0 Å². The summed E-state index contributed by atoms with van der Waals surface area (Å²) in [4.78, 5) is 6.87. The molecule has 5 nitrogen and oxygen atoms in total. The highest BCUT2D eigenvalue weighted by molar-refractivity contribution is 5.74. The molecule has 1 aliphatic rings. The van der Waals surface area contributed by atoms with Crippen LogP contribution in [0.1, 0.15) is 26.3 Å². The highest BCUT2D eigenvalue weighted by Crippen LogP contribution is 2.31. The largest absolute Gasteiger partial charge is 0.378 e. The van der Waals surface area contributed by atoms with Crippen molar-refractivity contribution in [3.8, 4) is 0 Å². The summed E-state index contributed by atoms with van der Waals surface area (Å²) in [6.07, 6.45) is 5.69. The van der Waals surface area contributed by atoms with Gasteiger partial charge < -0.3 is 9.64 Å². The van der Waals surface area contributed by atoms with E-state index in [1.54, 1.807) is 0 Å². The molecule has 3 heterocycles. The number of aromatic nitrogens is 3. The molecule has 0 unspecified atom stereocenters. The Morgan fingerprint density at radius 2 is 1.95 bits per heavy atom. The minimum atomic E-state index is 0.0613. The number of rotatable bonds is 1. The summed E-state index contributed by atoms with van der Waals surface area (Å²) >= 11 is 0. The lowest BCUT2D eigenvalue weighted by Gasteiger charge is -2.29. The van der Waals surface area contributed by atoms with Crippen molar-refractivity contribution in [2.45, 2.75) is 26.2 Å². The first-order valence-electron chi connectivity index (χ1n) is 6.73. The van der Waals surface area contributed by atoms with Crippen molar-refractivity contribution >= 4 is 11.3 Å². The predicted octanol–water partition coefficient (Wildman–Crippen LogP) is 1.86.